The molecule has 2 unspecified atom stereocenters. The van der Waals surface area contributed by atoms with Crippen LogP contribution in [0.15, 0.2) is 12.2 Å². The highest BCUT2D eigenvalue weighted by Crippen LogP contribution is 2.63. The van der Waals surface area contributed by atoms with Crippen LogP contribution >= 0.6 is 0 Å². The van der Waals surface area contributed by atoms with Crippen molar-refractivity contribution >= 4 is 0 Å². The molecule has 2 aliphatic carbocycles. The molecule has 0 aromatic carbocycles. The molecule has 8 heterocycles. The summed E-state index contributed by atoms with van der Waals surface area (Å²) in [4.78, 5) is 24.7. The van der Waals surface area contributed by atoms with Crippen molar-refractivity contribution in [2.45, 2.75) is 153 Å². The topological polar surface area (TPSA) is 73.8 Å². The summed E-state index contributed by atoms with van der Waals surface area (Å²) >= 11 is 0. The highest BCUT2D eigenvalue weighted by atomic mass is 17.3. The minimum absolute atomic E-state index is 0.0182. The maximum Gasteiger partial charge on any atom is 0.201 e. The lowest BCUT2D eigenvalue weighted by molar-refractivity contribution is -0.571. The Hall–Kier alpha value is -0.580. The molecule has 0 N–H and O–H groups in total. The lowest BCUT2D eigenvalue weighted by Crippen LogP contribution is -2.70. The first kappa shape index (κ1) is 28.9. The summed E-state index contributed by atoms with van der Waals surface area (Å²) in [5.74, 6) is 1.66. The van der Waals surface area contributed by atoms with Crippen LogP contribution in [0, 0.1) is 47.3 Å². The van der Waals surface area contributed by atoms with E-state index in [0.717, 1.165) is 51.4 Å². The van der Waals surface area contributed by atoms with E-state index in [0.29, 0.717) is 47.3 Å². The zero-order chi connectivity index (χ0) is 29.2. The molecule has 10 aliphatic rings. The van der Waals surface area contributed by atoms with Gasteiger partial charge < -0.3 is 18.9 Å². The van der Waals surface area contributed by atoms with Gasteiger partial charge in [-0.05, 0) is 101 Å². The van der Waals surface area contributed by atoms with E-state index in [4.69, 9.17) is 38.5 Å². The second kappa shape index (κ2) is 9.71. The average Bonchev–Trinajstić information content (AvgIpc) is 3.32. The van der Waals surface area contributed by atoms with Crippen molar-refractivity contribution in [3.8, 4) is 0 Å². The summed E-state index contributed by atoms with van der Waals surface area (Å²) in [6.45, 7) is 18.0. The van der Waals surface area contributed by atoms with Crippen LogP contribution in [0.4, 0.5) is 0 Å². The van der Waals surface area contributed by atoms with Crippen LogP contribution in [0.3, 0.4) is 0 Å². The maximum atomic E-state index is 6.89. The summed E-state index contributed by atoms with van der Waals surface area (Å²) < 4.78 is 27.0. The fraction of sp³-hybridized carbons (Fsp3) is 0.941. The standard InChI is InChI=1S/C34H52O8/c1-18(16-27-21(4)25-10-8-19(2)23-12-14-31(6)37-29(35-27)33(23,25)41-39-31)17-28-22(5)26-11-9-20(3)24-13-15-32(7)38-30(36-28)34(24,26)42-40-32/h19-30H,1,8-17H2,2-7H3/t19-,20-,21-,22-,23+,24+,25+,26+,27-,28-,29-,30-,31?,32?,33-,34-/m1/s1. The quantitative estimate of drug-likeness (QED) is 0.262. The SMILES string of the molecule is C=C(C[C@H]1O[C@@H]2OC3(C)CC[C@H]4[C@H](C)CC[C@@H]([C@H]1C)[C@@]24OO3)C[C@H]1O[C@@H]2OC3(C)CC[C@H]4[C@H](C)CC[C@@H]([C@H]1C)[C@@]24OO3. The van der Waals surface area contributed by atoms with Gasteiger partial charge in [0.2, 0.25) is 11.6 Å². The van der Waals surface area contributed by atoms with Crippen LogP contribution in [-0.2, 0) is 38.5 Å². The predicted molar refractivity (Wildman–Crippen MR) is 152 cm³/mol. The fourth-order valence-corrected chi connectivity index (χ4v) is 11.1. The molecule has 0 aromatic heterocycles. The van der Waals surface area contributed by atoms with E-state index in [-0.39, 0.29) is 12.2 Å². The lowest BCUT2D eigenvalue weighted by atomic mass is 9.57. The Bertz CT molecular complexity index is 1020. The summed E-state index contributed by atoms with van der Waals surface area (Å²) in [7, 11) is 0. The molecule has 4 bridgehead atoms. The summed E-state index contributed by atoms with van der Waals surface area (Å²) in [6, 6.07) is 0. The lowest BCUT2D eigenvalue weighted by Gasteiger charge is -2.61. The zero-order valence-electron chi connectivity index (χ0n) is 26.5. The molecule has 2 saturated carbocycles. The van der Waals surface area contributed by atoms with Crippen LogP contribution in [0.1, 0.15) is 106 Å². The minimum atomic E-state index is -0.753. The van der Waals surface area contributed by atoms with Crippen molar-refractivity contribution in [1.82, 2.24) is 0 Å². The Morgan fingerprint density at radius 3 is 1.45 bits per heavy atom. The molecule has 8 heteroatoms. The smallest absolute Gasteiger partial charge is 0.201 e. The van der Waals surface area contributed by atoms with Crippen LogP contribution in [0.5, 0.6) is 0 Å². The third kappa shape index (κ3) is 3.95. The van der Waals surface area contributed by atoms with Crippen LogP contribution in [0.25, 0.3) is 0 Å². The van der Waals surface area contributed by atoms with E-state index in [2.05, 4.69) is 34.3 Å². The van der Waals surface area contributed by atoms with Crippen molar-refractivity contribution in [2.75, 3.05) is 0 Å². The largest absolute Gasteiger partial charge is 0.346 e. The molecule has 2 spiro atoms. The van der Waals surface area contributed by atoms with Gasteiger partial charge in [0.05, 0.1) is 12.2 Å². The first-order valence-corrected chi connectivity index (χ1v) is 17.0. The Morgan fingerprint density at radius 1 is 0.595 bits per heavy atom. The van der Waals surface area contributed by atoms with Crippen molar-refractivity contribution in [1.29, 1.82) is 0 Å². The molecule has 16 atom stereocenters. The van der Waals surface area contributed by atoms with Gasteiger partial charge in [-0.1, -0.05) is 39.8 Å². The van der Waals surface area contributed by atoms with Gasteiger partial charge in [0.15, 0.2) is 23.8 Å². The molecular formula is C34H52O8. The predicted octanol–water partition coefficient (Wildman–Crippen LogP) is 6.82. The van der Waals surface area contributed by atoms with Gasteiger partial charge in [-0.15, -0.1) is 0 Å². The van der Waals surface area contributed by atoms with Gasteiger partial charge in [-0.2, -0.15) is 0 Å². The fourth-order valence-electron chi connectivity index (χ4n) is 11.1. The van der Waals surface area contributed by atoms with Crippen molar-refractivity contribution < 1.29 is 38.5 Å². The van der Waals surface area contributed by atoms with Gasteiger partial charge in [-0.25, -0.2) is 19.6 Å². The van der Waals surface area contributed by atoms with Crippen LogP contribution in [0.2, 0.25) is 0 Å². The second-order valence-corrected chi connectivity index (χ2v) is 16.0. The Morgan fingerprint density at radius 2 is 1.02 bits per heavy atom. The molecule has 8 nitrogen and oxygen atoms in total. The summed E-state index contributed by atoms with van der Waals surface area (Å²) in [5, 5.41) is 0. The van der Waals surface area contributed by atoms with E-state index in [9.17, 15) is 0 Å². The van der Waals surface area contributed by atoms with Gasteiger partial charge in [-0.3, -0.25) is 0 Å². The molecule has 8 saturated heterocycles. The molecule has 42 heavy (non-hydrogen) atoms. The maximum absolute atomic E-state index is 6.89. The summed E-state index contributed by atoms with van der Waals surface area (Å²) in [6.07, 6.45) is 9.19. The van der Waals surface area contributed by atoms with Crippen molar-refractivity contribution in [2.24, 2.45) is 47.3 Å². The zero-order valence-corrected chi connectivity index (χ0v) is 26.5. The van der Waals surface area contributed by atoms with Crippen molar-refractivity contribution in [3.05, 3.63) is 12.2 Å². The minimum Gasteiger partial charge on any atom is -0.346 e. The number of hydrogen-bond acceptors (Lipinski definition) is 8. The van der Waals surface area contributed by atoms with Gasteiger partial charge >= 0.3 is 0 Å². The average molecular weight is 589 g/mol. The van der Waals surface area contributed by atoms with E-state index < -0.39 is 35.4 Å². The van der Waals surface area contributed by atoms with Crippen LogP contribution < -0.4 is 0 Å². The number of fused-ring (bicyclic) bond motifs is 4. The van der Waals surface area contributed by atoms with Crippen LogP contribution in [-0.4, -0.2) is 47.6 Å². The number of ether oxygens (including phenoxy) is 4. The normalized spacial score (nSPS) is 59.8. The highest BCUT2D eigenvalue weighted by molar-refractivity contribution is 5.14. The Kier molecular flexibility index (Phi) is 6.67. The molecule has 236 valence electrons. The van der Waals surface area contributed by atoms with Gasteiger partial charge in [0.25, 0.3) is 0 Å². The summed E-state index contributed by atoms with van der Waals surface area (Å²) in [5.41, 5.74) is 0.119. The first-order chi connectivity index (χ1) is 20.0. The molecule has 0 aromatic rings. The Labute approximate surface area is 251 Å². The van der Waals surface area contributed by atoms with E-state index in [1.165, 1.54) is 18.4 Å². The third-order valence-electron chi connectivity index (χ3n) is 13.6. The number of rotatable bonds is 4. The molecule has 10 rings (SSSR count). The molecule has 8 aliphatic heterocycles. The van der Waals surface area contributed by atoms with Crippen molar-refractivity contribution in [3.63, 3.8) is 0 Å². The van der Waals surface area contributed by atoms with Gasteiger partial charge in [0.1, 0.15) is 0 Å². The van der Waals surface area contributed by atoms with E-state index >= 15 is 0 Å². The third-order valence-corrected chi connectivity index (χ3v) is 13.6. The first-order valence-electron chi connectivity index (χ1n) is 17.0. The second-order valence-electron chi connectivity index (χ2n) is 16.0. The molecule has 0 amide bonds. The monoisotopic (exact) mass is 588 g/mol. The molecule has 10 fully saturated rings. The highest BCUT2D eigenvalue weighted by Gasteiger charge is 2.71. The van der Waals surface area contributed by atoms with Gasteiger partial charge in [0, 0.05) is 24.7 Å². The molecular weight excluding hydrogens is 536 g/mol. The number of hydrogen-bond donors (Lipinski definition) is 0. The Balaban J connectivity index is 1.01. The molecule has 0 radical (unpaired) electrons. The van der Waals surface area contributed by atoms with E-state index in [1.807, 2.05) is 13.8 Å². The van der Waals surface area contributed by atoms with E-state index in [1.54, 1.807) is 0 Å².